The summed E-state index contributed by atoms with van der Waals surface area (Å²) in [5.74, 6) is 0.830. The van der Waals surface area contributed by atoms with Crippen molar-refractivity contribution in [2.24, 2.45) is 11.8 Å². The minimum atomic E-state index is 0.0521. The normalized spacial score (nSPS) is 15.7. The number of likely N-dealkylation sites (tertiary alicyclic amines) is 1. The van der Waals surface area contributed by atoms with Crippen molar-refractivity contribution in [1.82, 2.24) is 10.2 Å². The number of amides is 2. The summed E-state index contributed by atoms with van der Waals surface area (Å²) in [5.41, 5.74) is 2.25. The lowest BCUT2D eigenvalue weighted by Crippen LogP contribution is -2.44. The third-order valence-electron chi connectivity index (χ3n) is 4.51. The minimum Gasteiger partial charge on any atom is -0.356 e. The lowest BCUT2D eigenvalue weighted by atomic mass is 9.95. The zero-order chi connectivity index (χ0) is 16.8. The molecule has 0 aliphatic carbocycles. The smallest absolute Gasteiger partial charge is 0.226 e. The molecule has 1 aliphatic rings. The van der Waals surface area contributed by atoms with Crippen LogP contribution in [-0.4, -0.2) is 36.3 Å². The number of aryl methyl sites for hydroxylation is 1. The molecule has 0 unspecified atom stereocenters. The highest BCUT2D eigenvalue weighted by Crippen LogP contribution is 2.19. The van der Waals surface area contributed by atoms with Gasteiger partial charge in [0.05, 0.1) is 6.42 Å². The second-order valence-corrected chi connectivity index (χ2v) is 6.90. The maximum atomic E-state index is 12.4. The van der Waals surface area contributed by atoms with Gasteiger partial charge in [-0.1, -0.05) is 38.1 Å². The van der Waals surface area contributed by atoms with Gasteiger partial charge in [0, 0.05) is 25.6 Å². The molecule has 0 atom stereocenters. The topological polar surface area (TPSA) is 49.4 Å². The molecule has 1 aromatic carbocycles. The van der Waals surface area contributed by atoms with Crippen molar-refractivity contribution in [2.75, 3.05) is 19.6 Å². The monoisotopic (exact) mass is 316 g/mol. The molecule has 4 nitrogen and oxygen atoms in total. The van der Waals surface area contributed by atoms with E-state index in [-0.39, 0.29) is 17.7 Å². The maximum Gasteiger partial charge on any atom is 0.226 e. The molecule has 0 bridgehead atoms. The fourth-order valence-corrected chi connectivity index (χ4v) is 2.92. The van der Waals surface area contributed by atoms with E-state index in [0.29, 0.717) is 25.4 Å². The predicted octanol–water partition coefficient (Wildman–Crippen LogP) is 2.55. The molecule has 1 aromatic rings. The first-order valence-electron chi connectivity index (χ1n) is 8.57. The average molecular weight is 316 g/mol. The molecule has 0 aromatic heterocycles. The highest BCUT2D eigenvalue weighted by atomic mass is 16.2. The molecule has 126 valence electrons. The Balaban J connectivity index is 1.81. The summed E-state index contributed by atoms with van der Waals surface area (Å²) in [6, 6.07) is 8.01. The van der Waals surface area contributed by atoms with Gasteiger partial charge in [-0.3, -0.25) is 9.59 Å². The summed E-state index contributed by atoms with van der Waals surface area (Å²) in [7, 11) is 0. The number of nitrogens with zero attached hydrogens (tertiary/aromatic N) is 1. The van der Waals surface area contributed by atoms with Gasteiger partial charge in [0.1, 0.15) is 0 Å². The van der Waals surface area contributed by atoms with Crippen molar-refractivity contribution in [1.29, 1.82) is 0 Å². The number of hydrogen-bond acceptors (Lipinski definition) is 2. The fourth-order valence-electron chi connectivity index (χ4n) is 2.92. The van der Waals surface area contributed by atoms with Crippen LogP contribution < -0.4 is 5.32 Å². The van der Waals surface area contributed by atoms with E-state index >= 15 is 0 Å². The van der Waals surface area contributed by atoms with Crippen molar-refractivity contribution in [3.05, 3.63) is 35.4 Å². The first-order chi connectivity index (χ1) is 11.0. The summed E-state index contributed by atoms with van der Waals surface area (Å²) in [4.78, 5) is 26.4. The third kappa shape index (κ3) is 5.08. The van der Waals surface area contributed by atoms with E-state index in [1.54, 1.807) is 0 Å². The highest BCUT2D eigenvalue weighted by molar-refractivity contribution is 5.81. The molecule has 0 saturated carbocycles. The molecule has 1 saturated heterocycles. The Morgan fingerprint density at radius 1 is 1.22 bits per heavy atom. The zero-order valence-corrected chi connectivity index (χ0v) is 14.5. The SMILES string of the molecule is Cc1ccccc1CC(=O)N1CCC(C(=O)NCC(C)C)CC1. The molecule has 1 N–H and O–H groups in total. The van der Waals surface area contributed by atoms with Crippen molar-refractivity contribution in [3.8, 4) is 0 Å². The molecule has 2 rings (SSSR count). The van der Waals surface area contributed by atoms with Crippen LogP contribution in [0.3, 0.4) is 0 Å². The Labute approximate surface area is 139 Å². The summed E-state index contributed by atoms with van der Waals surface area (Å²) >= 11 is 0. The minimum absolute atomic E-state index is 0.0521. The van der Waals surface area contributed by atoms with Crippen LogP contribution in [-0.2, 0) is 16.0 Å². The van der Waals surface area contributed by atoms with Crippen LogP contribution in [0.15, 0.2) is 24.3 Å². The van der Waals surface area contributed by atoms with Gasteiger partial charge in [-0.2, -0.15) is 0 Å². The maximum absolute atomic E-state index is 12.4. The zero-order valence-electron chi connectivity index (χ0n) is 14.5. The van der Waals surface area contributed by atoms with Crippen LogP contribution in [0.5, 0.6) is 0 Å². The van der Waals surface area contributed by atoms with E-state index in [2.05, 4.69) is 19.2 Å². The van der Waals surface area contributed by atoms with Crippen molar-refractivity contribution in [3.63, 3.8) is 0 Å². The highest BCUT2D eigenvalue weighted by Gasteiger charge is 2.27. The Bertz CT molecular complexity index is 546. The molecule has 0 radical (unpaired) electrons. The predicted molar refractivity (Wildman–Crippen MR) is 92.0 cm³/mol. The van der Waals surface area contributed by atoms with Crippen LogP contribution in [0.2, 0.25) is 0 Å². The van der Waals surface area contributed by atoms with E-state index in [4.69, 9.17) is 0 Å². The quantitative estimate of drug-likeness (QED) is 0.907. The second kappa shape index (κ2) is 8.14. The molecule has 2 amide bonds. The molecular formula is C19H28N2O2. The fraction of sp³-hybridized carbons (Fsp3) is 0.579. The summed E-state index contributed by atoms with van der Waals surface area (Å²) in [6.45, 7) is 8.31. The largest absolute Gasteiger partial charge is 0.356 e. The van der Waals surface area contributed by atoms with Crippen molar-refractivity contribution >= 4 is 11.8 Å². The molecule has 0 spiro atoms. The lowest BCUT2D eigenvalue weighted by molar-refractivity contribution is -0.135. The van der Waals surface area contributed by atoms with E-state index in [1.165, 1.54) is 0 Å². The van der Waals surface area contributed by atoms with Crippen LogP contribution >= 0.6 is 0 Å². The van der Waals surface area contributed by atoms with Crippen LogP contribution in [0.1, 0.15) is 37.8 Å². The number of rotatable bonds is 5. The Kier molecular flexibility index (Phi) is 6.20. The molecule has 1 heterocycles. The average Bonchev–Trinajstić information content (AvgIpc) is 2.54. The Morgan fingerprint density at radius 3 is 2.48 bits per heavy atom. The summed E-state index contributed by atoms with van der Waals surface area (Å²) in [6.07, 6.45) is 1.99. The third-order valence-corrected chi connectivity index (χ3v) is 4.51. The number of piperidine rings is 1. The van der Waals surface area contributed by atoms with E-state index in [9.17, 15) is 9.59 Å². The first-order valence-corrected chi connectivity index (χ1v) is 8.57. The molecule has 1 fully saturated rings. The Hall–Kier alpha value is -1.84. The van der Waals surface area contributed by atoms with Gasteiger partial charge < -0.3 is 10.2 Å². The van der Waals surface area contributed by atoms with Crippen LogP contribution in [0.25, 0.3) is 0 Å². The number of carbonyl (C=O) groups is 2. The molecular weight excluding hydrogens is 288 g/mol. The standard InChI is InChI=1S/C19H28N2O2/c1-14(2)13-20-19(23)16-8-10-21(11-9-16)18(22)12-17-7-5-4-6-15(17)3/h4-7,14,16H,8-13H2,1-3H3,(H,20,23). The van der Waals surface area contributed by atoms with Gasteiger partial charge in [-0.15, -0.1) is 0 Å². The lowest BCUT2D eigenvalue weighted by Gasteiger charge is -2.31. The summed E-state index contributed by atoms with van der Waals surface area (Å²) in [5, 5.41) is 3.00. The van der Waals surface area contributed by atoms with Crippen LogP contribution in [0.4, 0.5) is 0 Å². The van der Waals surface area contributed by atoms with Gasteiger partial charge in [-0.05, 0) is 36.8 Å². The van der Waals surface area contributed by atoms with Gasteiger partial charge in [0.25, 0.3) is 0 Å². The van der Waals surface area contributed by atoms with Crippen molar-refractivity contribution in [2.45, 2.75) is 40.0 Å². The summed E-state index contributed by atoms with van der Waals surface area (Å²) < 4.78 is 0. The van der Waals surface area contributed by atoms with Crippen molar-refractivity contribution < 1.29 is 9.59 Å². The molecule has 4 heteroatoms. The van der Waals surface area contributed by atoms with E-state index in [1.807, 2.05) is 36.1 Å². The Morgan fingerprint density at radius 2 is 1.87 bits per heavy atom. The van der Waals surface area contributed by atoms with E-state index < -0.39 is 0 Å². The van der Waals surface area contributed by atoms with Gasteiger partial charge in [-0.25, -0.2) is 0 Å². The number of hydrogen-bond donors (Lipinski definition) is 1. The first kappa shape index (κ1) is 17.5. The number of nitrogens with one attached hydrogen (secondary N) is 1. The number of carbonyl (C=O) groups excluding carboxylic acids is 2. The second-order valence-electron chi connectivity index (χ2n) is 6.90. The molecule has 1 aliphatic heterocycles. The van der Waals surface area contributed by atoms with Gasteiger partial charge in [0.2, 0.25) is 11.8 Å². The molecule has 23 heavy (non-hydrogen) atoms. The van der Waals surface area contributed by atoms with Crippen LogP contribution in [0, 0.1) is 18.8 Å². The van der Waals surface area contributed by atoms with E-state index in [0.717, 1.165) is 30.5 Å². The van der Waals surface area contributed by atoms with Gasteiger partial charge >= 0.3 is 0 Å². The van der Waals surface area contributed by atoms with Gasteiger partial charge in [0.15, 0.2) is 0 Å². The number of benzene rings is 1.